The second-order valence-electron chi connectivity index (χ2n) is 6.05. The van der Waals surface area contributed by atoms with Crippen molar-refractivity contribution >= 4 is 22.8 Å². The van der Waals surface area contributed by atoms with E-state index in [1.807, 2.05) is 30.5 Å². The van der Waals surface area contributed by atoms with Crippen molar-refractivity contribution in [3.05, 3.63) is 36.0 Å². The van der Waals surface area contributed by atoms with Crippen LogP contribution < -0.4 is 5.73 Å². The number of carbonyl (C=O) groups is 2. The average Bonchev–Trinajstić information content (AvgIpc) is 2.87. The van der Waals surface area contributed by atoms with Crippen molar-refractivity contribution in [2.75, 3.05) is 6.54 Å². The number of para-hydroxylation sites is 1. The third-order valence-electron chi connectivity index (χ3n) is 4.51. The summed E-state index contributed by atoms with van der Waals surface area (Å²) in [4.78, 5) is 28.8. The zero-order chi connectivity index (χ0) is 16.4. The van der Waals surface area contributed by atoms with Crippen LogP contribution in [0, 0.1) is 0 Å². The molecule has 1 fully saturated rings. The lowest BCUT2D eigenvalue weighted by molar-refractivity contribution is -0.150. The topological polar surface area (TPSA) is 99.4 Å². The lowest BCUT2D eigenvalue weighted by atomic mass is 10.0. The van der Waals surface area contributed by atoms with Gasteiger partial charge in [-0.05, 0) is 30.9 Å². The van der Waals surface area contributed by atoms with Gasteiger partial charge in [-0.25, -0.2) is 4.79 Å². The maximum Gasteiger partial charge on any atom is 0.326 e. The fourth-order valence-corrected chi connectivity index (χ4v) is 3.24. The van der Waals surface area contributed by atoms with Crippen LogP contribution in [0.1, 0.15) is 24.8 Å². The van der Waals surface area contributed by atoms with Crippen LogP contribution in [0.25, 0.3) is 10.9 Å². The van der Waals surface area contributed by atoms with E-state index in [-0.39, 0.29) is 12.3 Å². The molecule has 1 saturated heterocycles. The van der Waals surface area contributed by atoms with Gasteiger partial charge in [0.2, 0.25) is 5.91 Å². The highest BCUT2D eigenvalue weighted by molar-refractivity contribution is 5.88. The van der Waals surface area contributed by atoms with Crippen molar-refractivity contribution in [3.63, 3.8) is 0 Å². The maximum atomic E-state index is 12.4. The molecule has 6 heteroatoms. The number of aliphatic carboxylic acids is 1. The number of amides is 1. The molecule has 2 aromatic rings. The van der Waals surface area contributed by atoms with E-state index in [0.717, 1.165) is 29.3 Å². The minimum absolute atomic E-state index is 0.255. The quantitative estimate of drug-likeness (QED) is 0.796. The van der Waals surface area contributed by atoms with Crippen molar-refractivity contribution in [1.82, 2.24) is 9.88 Å². The number of nitrogens with zero attached hydrogens (tertiary/aromatic N) is 1. The molecule has 122 valence electrons. The van der Waals surface area contributed by atoms with Crippen LogP contribution in [0.15, 0.2) is 30.5 Å². The highest BCUT2D eigenvalue weighted by Crippen LogP contribution is 2.22. The Hall–Kier alpha value is -2.34. The molecule has 0 spiro atoms. The number of fused-ring (bicyclic) bond motifs is 1. The number of hydrogen-bond acceptors (Lipinski definition) is 3. The summed E-state index contributed by atoms with van der Waals surface area (Å²) < 4.78 is 0. The van der Waals surface area contributed by atoms with Gasteiger partial charge in [0.05, 0.1) is 6.04 Å². The Morgan fingerprint density at radius 2 is 2.17 bits per heavy atom. The molecule has 6 nitrogen and oxygen atoms in total. The molecule has 1 aromatic heterocycles. The van der Waals surface area contributed by atoms with Gasteiger partial charge in [-0.1, -0.05) is 18.2 Å². The van der Waals surface area contributed by atoms with Gasteiger partial charge in [0.25, 0.3) is 0 Å². The summed E-state index contributed by atoms with van der Waals surface area (Å²) in [6, 6.07) is 6.27. The van der Waals surface area contributed by atoms with Crippen LogP contribution in [-0.2, 0) is 16.0 Å². The number of H-pyrrole nitrogens is 1. The van der Waals surface area contributed by atoms with E-state index in [2.05, 4.69) is 4.98 Å². The maximum absolute atomic E-state index is 12.4. The number of aromatic nitrogens is 1. The Morgan fingerprint density at radius 3 is 2.96 bits per heavy atom. The fourth-order valence-electron chi connectivity index (χ4n) is 3.24. The first-order chi connectivity index (χ1) is 11.1. The van der Waals surface area contributed by atoms with Gasteiger partial charge in [0, 0.05) is 30.1 Å². The van der Waals surface area contributed by atoms with Crippen LogP contribution >= 0.6 is 0 Å². The Morgan fingerprint density at radius 1 is 1.39 bits per heavy atom. The van der Waals surface area contributed by atoms with Gasteiger partial charge in [0.15, 0.2) is 0 Å². The van der Waals surface area contributed by atoms with E-state index in [1.165, 1.54) is 4.90 Å². The minimum Gasteiger partial charge on any atom is -0.480 e. The molecule has 1 aromatic carbocycles. The normalized spacial score (nSPS) is 20.5. The Labute approximate surface area is 134 Å². The Balaban J connectivity index is 1.89. The summed E-state index contributed by atoms with van der Waals surface area (Å²) >= 11 is 0. The summed E-state index contributed by atoms with van der Waals surface area (Å²) in [6.07, 6.45) is 4.36. The SMILES string of the molecule is N[C@H]1CCCCN(C(Cc2c[nH]c3ccccc23)C(=O)O)C1=O. The van der Waals surface area contributed by atoms with Crippen LogP contribution in [0.3, 0.4) is 0 Å². The van der Waals surface area contributed by atoms with Gasteiger partial charge in [-0.15, -0.1) is 0 Å². The molecule has 23 heavy (non-hydrogen) atoms. The zero-order valence-corrected chi connectivity index (χ0v) is 12.9. The number of carboxylic acid groups (broad SMARTS) is 1. The standard InChI is InChI=1S/C17H21N3O3/c18-13-6-3-4-8-20(16(13)21)15(17(22)23)9-11-10-19-14-7-2-1-5-12(11)14/h1-2,5,7,10,13,15,19H,3-4,6,8-9,18H2,(H,22,23)/t13-,15?/m0/s1. The summed E-state index contributed by atoms with van der Waals surface area (Å²) in [5, 5.41) is 10.6. The predicted molar refractivity (Wildman–Crippen MR) is 87.0 cm³/mol. The number of hydrogen-bond donors (Lipinski definition) is 3. The Bertz CT molecular complexity index is 725. The van der Waals surface area contributed by atoms with E-state index >= 15 is 0 Å². The van der Waals surface area contributed by atoms with E-state index in [4.69, 9.17) is 5.73 Å². The van der Waals surface area contributed by atoms with E-state index in [0.29, 0.717) is 13.0 Å². The van der Waals surface area contributed by atoms with Crippen LogP contribution in [0.2, 0.25) is 0 Å². The lowest BCUT2D eigenvalue weighted by Gasteiger charge is -2.29. The average molecular weight is 315 g/mol. The van der Waals surface area contributed by atoms with Crippen molar-refractivity contribution in [2.24, 2.45) is 5.73 Å². The second-order valence-corrected chi connectivity index (χ2v) is 6.05. The summed E-state index contributed by atoms with van der Waals surface area (Å²) in [5.41, 5.74) is 7.75. The highest BCUT2D eigenvalue weighted by Gasteiger charge is 2.34. The van der Waals surface area contributed by atoms with Crippen molar-refractivity contribution < 1.29 is 14.7 Å². The van der Waals surface area contributed by atoms with Crippen LogP contribution in [0.5, 0.6) is 0 Å². The molecule has 2 heterocycles. The monoisotopic (exact) mass is 315 g/mol. The number of nitrogens with two attached hydrogens (primary N) is 1. The zero-order valence-electron chi connectivity index (χ0n) is 12.9. The van der Waals surface area contributed by atoms with Gasteiger partial charge in [-0.2, -0.15) is 0 Å². The van der Waals surface area contributed by atoms with E-state index in [9.17, 15) is 14.7 Å². The van der Waals surface area contributed by atoms with Crippen molar-refractivity contribution in [2.45, 2.75) is 37.8 Å². The van der Waals surface area contributed by atoms with Crippen LogP contribution in [-0.4, -0.2) is 45.5 Å². The summed E-state index contributed by atoms with van der Waals surface area (Å²) in [7, 11) is 0. The molecule has 1 aliphatic heterocycles. The molecule has 1 aliphatic rings. The van der Waals surface area contributed by atoms with Gasteiger partial charge >= 0.3 is 5.97 Å². The minimum atomic E-state index is -0.988. The number of carboxylic acids is 1. The number of rotatable bonds is 4. The van der Waals surface area contributed by atoms with Gasteiger partial charge < -0.3 is 20.7 Å². The Kier molecular flexibility index (Phi) is 4.34. The first kappa shape index (κ1) is 15.6. The molecule has 1 amide bonds. The molecule has 2 atom stereocenters. The molecule has 0 radical (unpaired) electrons. The number of likely N-dealkylation sites (tertiary alicyclic amines) is 1. The predicted octanol–water partition coefficient (Wildman–Crippen LogP) is 1.50. The third-order valence-corrected chi connectivity index (χ3v) is 4.51. The molecule has 0 aliphatic carbocycles. The smallest absolute Gasteiger partial charge is 0.326 e. The van der Waals surface area contributed by atoms with Gasteiger partial charge in [0.1, 0.15) is 6.04 Å². The van der Waals surface area contributed by atoms with E-state index in [1.54, 1.807) is 0 Å². The molecular formula is C17H21N3O3. The molecule has 0 saturated carbocycles. The summed E-state index contributed by atoms with van der Waals surface area (Å²) in [6.45, 7) is 0.450. The first-order valence-corrected chi connectivity index (χ1v) is 7.92. The van der Waals surface area contributed by atoms with Gasteiger partial charge in [-0.3, -0.25) is 4.79 Å². The number of aromatic amines is 1. The first-order valence-electron chi connectivity index (χ1n) is 7.92. The molecular weight excluding hydrogens is 294 g/mol. The lowest BCUT2D eigenvalue weighted by Crippen LogP contribution is -2.51. The summed E-state index contributed by atoms with van der Waals surface area (Å²) in [5.74, 6) is -1.24. The number of carbonyl (C=O) groups excluding carboxylic acids is 1. The molecule has 1 unspecified atom stereocenters. The van der Waals surface area contributed by atoms with E-state index < -0.39 is 18.1 Å². The molecule has 3 rings (SSSR count). The number of nitrogens with one attached hydrogen (secondary N) is 1. The van der Waals surface area contributed by atoms with Crippen molar-refractivity contribution in [3.8, 4) is 0 Å². The van der Waals surface area contributed by atoms with Crippen molar-refractivity contribution in [1.29, 1.82) is 0 Å². The van der Waals surface area contributed by atoms with Crippen LogP contribution in [0.4, 0.5) is 0 Å². The fraction of sp³-hybridized carbons (Fsp3) is 0.412. The second kappa shape index (κ2) is 6.42. The number of benzene rings is 1. The third kappa shape index (κ3) is 3.07. The largest absolute Gasteiger partial charge is 0.480 e. The molecule has 4 N–H and O–H groups in total. The highest BCUT2D eigenvalue weighted by atomic mass is 16.4. The molecule has 0 bridgehead atoms.